The van der Waals surface area contributed by atoms with Crippen LogP contribution in [-0.4, -0.2) is 17.9 Å². The lowest BCUT2D eigenvalue weighted by atomic mass is 10.2. The molecule has 0 aliphatic heterocycles. The van der Waals surface area contributed by atoms with Crippen LogP contribution >= 0.6 is 0 Å². The molecule has 1 aromatic carbocycles. The summed E-state index contributed by atoms with van der Waals surface area (Å²) in [6, 6.07) is 7.02. The second kappa shape index (κ2) is 5.49. The number of nitrogens with zero attached hydrogens (tertiary/aromatic N) is 1. The van der Waals surface area contributed by atoms with Crippen molar-refractivity contribution in [3.8, 4) is 5.75 Å². The lowest BCUT2D eigenvalue weighted by molar-refractivity contribution is 0.112. The first-order chi connectivity index (χ1) is 8.69. The van der Waals surface area contributed by atoms with Crippen LogP contribution in [0.1, 0.15) is 27.7 Å². The first-order valence-electron chi connectivity index (χ1n) is 5.80. The SMILES string of the molecule is Cc1nc(CCOc2ccc(C=O)cc2)c(C)o1. The van der Waals surface area contributed by atoms with E-state index in [4.69, 9.17) is 9.15 Å². The topological polar surface area (TPSA) is 52.3 Å². The van der Waals surface area contributed by atoms with Crippen molar-refractivity contribution in [1.82, 2.24) is 4.98 Å². The van der Waals surface area contributed by atoms with Crippen LogP contribution in [0, 0.1) is 13.8 Å². The van der Waals surface area contributed by atoms with Gasteiger partial charge in [0.25, 0.3) is 0 Å². The summed E-state index contributed by atoms with van der Waals surface area (Å²) in [7, 11) is 0. The van der Waals surface area contributed by atoms with Crippen LogP contribution in [0.4, 0.5) is 0 Å². The highest BCUT2D eigenvalue weighted by Gasteiger charge is 2.06. The van der Waals surface area contributed by atoms with E-state index in [1.54, 1.807) is 24.3 Å². The van der Waals surface area contributed by atoms with Crippen molar-refractivity contribution in [3.63, 3.8) is 0 Å². The molecule has 0 aliphatic carbocycles. The third-order valence-electron chi connectivity index (χ3n) is 2.62. The van der Waals surface area contributed by atoms with E-state index in [-0.39, 0.29) is 0 Å². The lowest BCUT2D eigenvalue weighted by Crippen LogP contribution is -2.02. The summed E-state index contributed by atoms with van der Waals surface area (Å²) in [5, 5.41) is 0. The fourth-order valence-electron chi connectivity index (χ4n) is 1.71. The lowest BCUT2D eigenvalue weighted by Gasteiger charge is -2.04. The van der Waals surface area contributed by atoms with Crippen LogP contribution in [0.25, 0.3) is 0 Å². The molecule has 0 radical (unpaired) electrons. The van der Waals surface area contributed by atoms with Crippen molar-refractivity contribution < 1.29 is 13.9 Å². The number of benzene rings is 1. The molecule has 0 aliphatic rings. The van der Waals surface area contributed by atoms with Crippen LogP contribution in [0.5, 0.6) is 5.75 Å². The molecule has 1 aromatic heterocycles. The van der Waals surface area contributed by atoms with Gasteiger partial charge in [0.1, 0.15) is 17.8 Å². The van der Waals surface area contributed by atoms with Crippen molar-refractivity contribution in [2.75, 3.05) is 6.61 Å². The first-order valence-corrected chi connectivity index (χ1v) is 5.80. The third kappa shape index (κ3) is 2.97. The molecule has 0 N–H and O–H groups in total. The van der Waals surface area contributed by atoms with E-state index in [9.17, 15) is 4.79 Å². The van der Waals surface area contributed by atoms with Gasteiger partial charge in [0.2, 0.25) is 0 Å². The van der Waals surface area contributed by atoms with E-state index in [0.29, 0.717) is 24.5 Å². The van der Waals surface area contributed by atoms with E-state index in [1.165, 1.54) is 0 Å². The molecule has 2 rings (SSSR count). The minimum atomic E-state index is 0.535. The predicted octanol–water partition coefficient (Wildman–Crippen LogP) is 2.73. The summed E-state index contributed by atoms with van der Waals surface area (Å²) < 4.78 is 10.9. The van der Waals surface area contributed by atoms with Gasteiger partial charge < -0.3 is 9.15 Å². The van der Waals surface area contributed by atoms with E-state index in [0.717, 1.165) is 23.5 Å². The van der Waals surface area contributed by atoms with Crippen molar-refractivity contribution >= 4 is 6.29 Å². The van der Waals surface area contributed by atoms with Gasteiger partial charge in [0, 0.05) is 18.9 Å². The molecule has 0 bridgehead atoms. The van der Waals surface area contributed by atoms with Crippen LogP contribution in [0.2, 0.25) is 0 Å². The van der Waals surface area contributed by atoms with Gasteiger partial charge >= 0.3 is 0 Å². The van der Waals surface area contributed by atoms with E-state index >= 15 is 0 Å². The maximum atomic E-state index is 10.5. The minimum absolute atomic E-state index is 0.535. The third-order valence-corrected chi connectivity index (χ3v) is 2.62. The Morgan fingerprint density at radius 1 is 1.28 bits per heavy atom. The molecule has 4 nitrogen and oxygen atoms in total. The Labute approximate surface area is 106 Å². The number of ether oxygens (including phenoxy) is 1. The molecule has 2 aromatic rings. The Hall–Kier alpha value is -2.10. The van der Waals surface area contributed by atoms with Crippen LogP contribution in [0.3, 0.4) is 0 Å². The maximum absolute atomic E-state index is 10.5. The number of hydrogen-bond donors (Lipinski definition) is 0. The fraction of sp³-hybridized carbons (Fsp3) is 0.286. The number of carbonyl (C=O) groups is 1. The molecular formula is C14H15NO3. The van der Waals surface area contributed by atoms with Gasteiger partial charge in [-0.3, -0.25) is 4.79 Å². The highest BCUT2D eigenvalue weighted by molar-refractivity contribution is 5.74. The smallest absolute Gasteiger partial charge is 0.191 e. The number of rotatable bonds is 5. The molecule has 0 unspecified atom stereocenters. The number of aryl methyl sites for hydroxylation is 2. The zero-order chi connectivity index (χ0) is 13.0. The van der Waals surface area contributed by atoms with Crippen molar-refractivity contribution in [2.45, 2.75) is 20.3 Å². The quantitative estimate of drug-likeness (QED) is 0.760. The molecule has 0 atom stereocenters. The Morgan fingerprint density at radius 3 is 2.56 bits per heavy atom. The number of hydrogen-bond acceptors (Lipinski definition) is 4. The highest BCUT2D eigenvalue weighted by atomic mass is 16.5. The predicted molar refractivity (Wildman–Crippen MR) is 67.0 cm³/mol. The average Bonchev–Trinajstić information content (AvgIpc) is 2.69. The molecular weight excluding hydrogens is 230 g/mol. The van der Waals surface area contributed by atoms with E-state index in [2.05, 4.69) is 4.98 Å². The Morgan fingerprint density at radius 2 is 2.00 bits per heavy atom. The van der Waals surface area contributed by atoms with Gasteiger partial charge in [0.15, 0.2) is 5.89 Å². The Kier molecular flexibility index (Phi) is 3.77. The second-order valence-corrected chi connectivity index (χ2v) is 4.02. The van der Waals surface area contributed by atoms with Crippen molar-refractivity contribution in [2.24, 2.45) is 0 Å². The van der Waals surface area contributed by atoms with Gasteiger partial charge in [-0.1, -0.05) is 0 Å². The molecule has 0 amide bonds. The van der Waals surface area contributed by atoms with Gasteiger partial charge in [-0.15, -0.1) is 0 Å². The first kappa shape index (κ1) is 12.4. The van der Waals surface area contributed by atoms with E-state index < -0.39 is 0 Å². The van der Waals surface area contributed by atoms with Gasteiger partial charge in [-0.2, -0.15) is 0 Å². The Bertz CT molecular complexity index is 528. The summed E-state index contributed by atoms with van der Waals surface area (Å²) in [4.78, 5) is 14.8. The van der Waals surface area contributed by atoms with E-state index in [1.807, 2.05) is 13.8 Å². The summed E-state index contributed by atoms with van der Waals surface area (Å²) in [5.74, 6) is 2.27. The Balaban J connectivity index is 1.88. The summed E-state index contributed by atoms with van der Waals surface area (Å²) in [6.07, 6.45) is 1.52. The molecule has 0 saturated carbocycles. The summed E-state index contributed by atoms with van der Waals surface area (Å²) in [5.41, 5.74) is 1.57. The molecule has 0 spiro atoms. The molecule has 1 heterocycles. The van der Waals surface area contributed by atoms with Gasteiger partial charge in [-0.05, 0) is 31.2 Å². The zero-order valence-corrected chi connectivity index (χ0v) is 10.5. The maximum Gasteiger partial charge on any atom is 0.191 e. The van der Waals surface area contributed by atoms with Crippen LogP contribution < -0.4 is 4.74 Å². The minimum Gasteiger partial charge on any atom is -0.493 e. The highest BCUT2D eigenvalue weighted by Crippen LogP contribution is 2.13. The average molecular weight is 245 g/mol. The molecule has 18 heavy (non-hydrogen) atoms. The number of oxazole rings is 1. The van der Waals surface area contributed by atoms with Gasteiger partial charge in [0.05, 0.1) is 12.3 Å². The summed E-state index contributed by atoms with van der Waals surface area (Å²) >= 11 is 0. The molecule has 0 fully saturated rings. The van der Waals surface area contributed by atoms with Crippen LogP contribution in [-0.2, 0) is 6.42 Å². The standard InChI is InChI=1S/C14H15NO3/c1-10-14(15-11(2)18-10)7-8-17-13-5-3-12(9-16)4-6-13/h3-6,9H,7-8H2,1-2H3. The zero-order valence-electron chi connectivity index (χ0n) is 10.5. The normalized spacial score (nSPS) is 10.3. The van der Waals surface area contributed by atoms with Crippen molar-refractivity contribution in [1.29, 1.82) is 0 Å². The number of carbonyl (C=O) groups excluding carboxylic acids is 1. The van der Waals surface area contributed by atoms with Crippen molar-refractivity contribution in [3.05, 3.63) is 47.2 Å². The fourth-order valence-corrected chi connectivity index (χ4v) is 1.71. The largest absolute Gasteiger partial charge is 0.493 e. The van der Waals surface area contributed by atoms with Gasteiger partial charge in [-0.25, -0.2) is 4.98 Å². The monoisotopic (exact) mass is 245 g/mol. The molecule has 4 heteroatoms. The second-order valence-electron chi connectivity index (χ2n) is 4.02. The number of aldehydes is 1. The van der Waals surface area contributed by atoms with Crippen LogP contribution in [0.15, 0.2) is 28.7 Å². The number of aromatic nitrogens is 1. The molecule has 0 saturated heterocycles. The molecule has 94 valence electrons. The summed E-state index contributed by atoms with van der Waals surface area (Å²) in [6.45, 7) is 4.26.